The highest BCUT2D eigenvalue weighted by Crippen LogP contribution is 2.21. The van der Waals surface area contributed by atoms with E-state index < -0.39 is 14.9 Å². The van der Waals surface area contributed by atoms with Gasteiger partial charge in [-0.3, -0.25) is 10.1 Å². The highest BCUT2D eigenvalue weighted by atomic mass is 32.2. The van der Waals surface area contributed by atoms with Crippen molar-refractivity contribution in [2.75, 3.05) is 13.6 Å². The van der Waals surface area contributed by atoms with Crippen LogP contribution in [0.2, 0.25) is 0 Å². The van der Waals surface area contributed by atoms with Crippen molar-refractivity contribution in [3.8, 4) is 0 Å². The number of nitro benzene ring substituents is 1. The van der Waals surface area contributed by atoms with Crippen LogP contribution in [0.25, 0.3) is 10.9 Å². The fraction of sp³-hybridized carbons (Fsp3) is 0.176. The summed E-state index contributed by atoms with van der Waals surface area (Å²) in [6.45, 7) is 0.307. The number of sulfonamides is 1. The Balaban J connectivity index is 1.75. The summed E-state index contributed by atoms with van der Waals surface area (Å²) in [6, 6.07) is 12.7. The molecule has 0 amide bonds. The van der Waals surface area contributed by atoms with Crippen LogP contribution in [0.3, 0.4) is 0 Å². The number of aromatic nitrogens is 1. The summed E-state index contributed by atoms with van der Waals surface area (Å²) in [6.07, 6.45) is 2.45. The lowest BCUT2D eigenvalue weighted by molar-refractivity contribution is -0.384. The maximum absolute atomic E-state index is 12.6. The minimum atomic E-state index is -3.69. The molecule has 0 unspecified atom stereocenters. The molecule has 0 aliphatic rings. The van der Waals surface area contributed by atoms with Gasteiger partial charge in [0.15, 0.2) is 0 Å². The van der Waals surface area contributed by atoms with E-state index in [-0.39, 0.29) is 10.6 Å². The van der Waals surface area contributed by atoms with Crippen molar-refractivity contribution < 1.29 is 13.3 Å². The van der Waals surface area contributed by atoms with Gasteiger partial charge in [0, 0.05) is 42.8 Å². The molecule has 0 radical (unpaired) electrons. The standard InChI is InChI=1S/C17H17N3O4S/c1-19(11-10-13-12-18-17-5-3-2-4-16(13)17)25(23,24)15-8-6-14(7-9-15)20(21)22/h2-9,12,18H,10-11H2,1H3. The molecule has 25 heavy (non-hydrogen) atoms. The lowest BCUT2D eigenvalue weighted by Crippen LogP contribution is -2.29. The fourth-order valence-electron chi connectivity index (χ4n) is 2.66. The number of likely N-dealkylation sites (N-methyl/N-ethyl adjacent to an activating group) is 1. The number of H-pyrrole nitrogens is 1. The van der Waals surface area contributed by atoms with Crippen LogP contribution in [-0.2, 0) is 16.4 Å². The van der Waals surface area contributed by atoms with Gasteiger partial charge < -0.3 is 4.98 Å². The van der Waals surface area contributed by atoms with Crippen LogP contribution in [0.5, 0.6) is 0 Å². The first-order valence-corrected chi connectivity index (χ1v) is 9.09. The molecule has 0 bridgehead atoms. The monoisotopic (exact) mass is 359 g/mol. The van der Waals surface area contributed by atoms with Gasteiger partial charge in [0.05, 0.1) is 9.82 Å². The number of aromatic amines is 1. The largest absolute Gasteiger partial charge is 0.361 e. The quantitative estimate of drug-likeness (QED) is 0.540. The van der Waals surface area contributed by atoms with E-state index in [1.165, 1.54) is 35.6 Å². The van der Waals surface area contributed by atoms with Crippen LogP contribution in [0, 0.1) is 10.1 Å². The summed E-state index contributed by atoms with van der Waals surface area (Å²) in [5.74, 6) is 0. The molecule has 3 aromatic rings. The Hall–Kier alpha value is -2.71. The molecule has 7 nitrogen and oxygen atoms in total. The van der Waals surface area contributed by atoms with Crippen molar-refractivity contribution in [2.24, 2.45) is 0 Å². The van der Waals surface area contributed by atoms with Crippen molar-refractivity contribution in [1.29, 1.82) is 0 Å². The van der Waals surface area contributed by atoms with Crippen molar-refractivity contribution in [1.82, 2.24) is 9.29 Å². The minimum absolute atomic E-state index is 0.0412. The van der Waals surface area contributed by atoms with Gasteiger partial charge in [-0.25, -0.2) is 12.7 Å². The molecule has 0 spiro atoms. The van der Waals surface area contributed by atoms with E-state index in [1.54, 1.807) is 0 Å². The van der Waals surface area contributed by atoms with Crippen molar-refractivity contribution in [3.05, 3.63) is 70.4 Å². The zero-order valence-electron chi connectivity index (χ0n) is 13.5. The Bertz CT molecular complexity index is 1010. The van der Waals surface area contributed by atoms with E-state index in [2.05, 4.69) is 4.98 Å². The van der Waals surface area contributed by atoms with Crippen LogP contribution in [0.1, 0.15) is 5.56 Å². The molecule has 2 aromatic carbocycles. The van der Waals surface area contributed by atoms with E-state index in [0.29, 0.717) is 13.0 Å². The zero-order chi connectivity index (χ0) is 18.0. The summed E-state index contributed by atoms with van der Waals surface area (Å²) >= 11 is 0. The summed E-state index contributed by atoms with van der Waals surface area (Å²) in [5.41, 5.74) is 1.92. The van der Waals surface area contributed by atoms with Crippen LogP contribution >= 0.6 is 0 Å². The molecule has 0 aliphatic heterocycles. The number of hydrogen-bond acceptors (Lipinski definition) is 4. The van der Waals surface area contributed by atoms with Gasteiger partial charge in [-0.05, 0) is 30.2 Å². The van der Waals surface area contributed by atoms with E-state index in [9.17, 15) is 18.5 Å². The molecule has 0 aliphatic carbocycles. The van der Waals surface area contributed by atoms with Gasteiger partial charge in [0.2, 0.25) is 10.0 Å². The number of nitro groups is 1. The molecule has 1 N–H and O–H groups in total. The second-order valence-electron chi connectivity index (χ2n) is 5.69. The summed E-state index contributed by atoms with van der Waals surface area (Å²) in [4.78, 5) is 13.3. The molecule has 0 atom stereocenters. The highest BCUT2D eigenvalue weighted by molar-refractivity contribution is 7.89. The van der Waals surface area contributed by atoms with E-state index in [4.69, 9.17) is 0 Å². The minimum Gasteiger partial charge on any atom is -0.361 e. The first-order valence-electron chi connectivity index (χ1n) is 7.65. The third-order valence-electron chi connectivity index (χ3n) is 4.13. The van der Waals surface area contributed by atoms with E-state index in [0.717, 1.165) is 16.5 Å². The molecule has 0 fully saturated rings. The van der Waals surface area contributed by atoms with Gasteiger partial charge in [-0.15, -0.1) is 0 Å². The van der Waals surface area contributed by atoms with Crippen molar-refractivity contribution in [3.63, 3.8) is 0 Å². The number of nitrogens with one attached hydrogen (secondary N) is 1. The molecule has 1 heterocycles. The lowest BCUT2D eigenvalue weighted by Gasteiger charge is -2.17. The van der Waals surface area contributed by atoms with Crippen LogP contribution in [0.4, 0.5) is 5.69 Å². The average Bonchev–Trinajstić information content (AvgIpc) is 3.03. The Morgan fingerprint density at radius 1 is 1.12 bits per heavy atom. The predicted molar refractivity (Wildman–Crippen MR) is 94.9 cm³/mol. The Morgan fingerprint density at radius 3 is 2.48 bits per heavy atom. The van der Waals surface area contributed by atoms with Gasteiger partial charge >= 0.3 is 0 Å². The number of rotatable bonds is 6. The zero-order valence-corrected chi connectivity index (χ0v) is 14.4. The van der Waals surface area contributed by atoms with Gasteiger partial charge in [0.1, 0.15) is 0 Å². The maximum Gasteiger partial charge on any atom is 0.269 e. The molecule has 0 saturated heterocycles. The van der Waals surface area contributed by atoms with Crippen LogP contribution in [0.15, 0.2) is 59.6 Å². The number of para-hydroxylation sites is 1. The van der Waals surface area contributed by atoms with Crippen molar-refractivity contribution in [2.45, 2.75) is 11.3 Å². The molecular formula is C17H17N3O4S. The predicted octanol–water partition coefficient (Wildman–Crippen LogP) is 2.94. The van der Waals surface area contributed by atoms with E-state index >= 15 is 0 Å². The Kier molecular flexibility index (Phi) is 4.56. The van der Waals surface area contributed by atoms with Gasteiger partial charge in [-0.1, -0.05) is 18.2 Å². The molecular weight excluding hydrogens is 342 g/mol. The van der Waals surface area contributed by atoms with Crippen LogP contribution in [-0.4, -0.2) is 36.2 Å². The van der Waals surface area contributed by atoms with Gasteiger partial charge in [-0.2, -0.15) is 0 Å². The molecule has 3 rings (SSSR count). The number of non-ortho nitro benzene ring substituents is 1. The van der Waals surface area contributed by atoms with Crippen LogP contribution < -0.4 is 0 Å². The average molecular weight is 359 g/mol. The number of hydrogen-bond donors (Lipinski definition) is 1. The summed E-state index contributed by atoms with van der Waals surface area (Å²) < 4.78 is 26.4. The summed E-state index contributed by atoms with van der Waals surface area (Å²) in [5, 5.41) is 11.8. The topological polar surface area (TPSA) is 96.3 Å². The normalized spacial score (nSPS) is 11.9. The third-order valence-corrected chi connectivity index (χ3v) is 6.00. The molecule has 130 valence electrons. The smallest absolute Gasteiger partial charge is 0.269 e. The maximum atomic E-state index is 12.6. The highest BCUT2D eigenvalue weighted by Gasteiger charge is 2.21. The SMILES string of the molecule is CN(CCc1c[nH]c2ccccc12)S(=O)(=O)c1ccc([N+](=O)[O-])cc1. The second-order valence-corrected chi connectivity index (χ2v) is 7.73. The fourth-order valence-corrected chi connectivity index (χ4v) is 3.83. The first kappa shape index (κ1) is 17.1. The Morgan fingerprint density at radius 2 is 1.80 bits per heavy atom. The first-order chi connectivity index (χ1) is 11.9. The molecule has 8 heteroatoms. The Labute approximate surface area is 145 Å². The molecule has 1 aromatic heterocycles. The second kappa shape index (κ2) is 6.66. The van der Waals surface area contributed by atoms with E-state index in [1.807, 2.05) is 30.5 Å². The number of benzene rings is 2. The third kappa shape index (κ3) is 3.40. The number of fused-ring (bicyclic) bond motifs is 1. The lowest BCUT2D eigenvalue weighted by atomic mass is 10.1. The summed E-state index contributed by atoms with van der Waals surface area (Å²) in [7, 11) is -2.18. The number of nitrogens with zero attached hydrogens (tertiary/aromatic N) is 2. The molecule has 0 saturated carbocycles. The van der Waals surface area contributed by atoms with Gasteiger partial charge in [0.25, 0.3) is 5.69 Å². The van der Waals surface area contributed by atoms with Crippen molar-refractivity contribution >= 4 is 26.6 Å².